The fraction of sp³-hybridized carbons (Fsp3) is 0.211. The highest BCUT2D eigenvalue weighted by atomic mass is 16.1. The Morgan fingerprint density at radius 1 is 1.14 bits per heavy atom. The lowest BCUT2D eigenvalue weighted by Gasteiger charge is -2.07. The molecule has 22 heavy (non-hydrogen) atoms. The second kappa shape index (κ2) is 6.94. The van der Waals surface area contributed by atoms with Gasteiger partial charge in [0.2, 0.25) is 5.91 Å². The number of benzene rings is 2. The summed E-state index contributed by atoms with van der Waals surface area (Å²) in [6, 6.07) is 13.8. The summed E-state index contributed by atoms with van der Waals surface area (Å²) in [5.41, 5.74) is 10.4. The molecule has 0 aromatic heterocycles. The van der Waals surface area contributed by atoms with Crippen LogP contribution >= 0.6 is 0 Å². The van der Waals surface area contributed by atoms with Gasteiger partial charge < -0.3 is 11.1 Å². The summed E-state index contributed by atoms with van der Waals surface area (Å²) in [4.78, 5) is 11.9. The molecule has 3 heteroatoms. The van der Waals surface area contributed by atoms with Gasteiger partial charge in [-0.05, 0) is 47.7 Å². The van der Waals surface area contributed by atoms with E-state index in [4.69, 9.17) is 5.73 Å². The van der Waals surface area contributed by atoms with Crippen molar-refractivity contribution < 1.29 is 4.79 Å². The third-order valence-corrected chi connectivity index (χ3v) is 3.50. The van der Waals surface area contributed by atoms with E-state index in [1.807, 2.05) is 37.3 Å². The van der Waals surface area contributed by atoms with Crippen molar-refractivity contribution in [1.82, 2.24) is 0 Å². The fourth-order valence-electron chi connectivity index (χ4n) is 2.13. The maximum Gasteiger partial charge on any atom is 0.248 e. The van der Waals surface area contributed by atoms with Crippen LogP contribution in [0, 0.1) is 6.92 Å². The van der Waals surface area contributed by atoms with E-state index < -0.39 is 0 Å². The normalized spacial score (nSPS) is 11.1. The first kappa shape index (κ1) is 15.8. The van der Waals surface area contributed by atoms with Crippen LogP contribution in [0.15, 0.2) is 48.5 Å². The molecule has 2 aromatic rings. The van der Waals surface area contributed by atoms with Crippen molar-refractivity contribution in [2.45, 2.75) is 26.7 Å². The minimum Gasteiger partial charge on any atom is -0.397 e. The number of hydrogen-bond acceptors (Lipinski definition) is 2. The molecule has 3 N–H and O–H groups in total. The standard InChI is InChI=1S/C19H22N2O/c1-13(2)16-8-5-15(6-9-16)7-11-19(22)21-18-10-4-14(3)12-17(18)20/h4-13H,20H2,1-3H3,(H,21,22)/b11-7+. The summed E-state index contributed by atoms with van der Waals surface area (Å²) in [7, 11) is 0. The Kier molecular flexibility index (Phi) is 4.99. The molecular formula is C19H22N2O. The molecule has 0 aliphatic carbocycles. The molecular weight excluding hydrogens is 272 g/mol. The second-order valence-corrected chi connectivity index (χ2v) is 5.73. The monoisotopic (exact) mass is 294 g/mol. The molecule has 114 valence electrons. The van der Waals surface area contributed by atoms with E-state index in [9.17, 15) is 4.79 Å². The number of carbonyl (C=O) groups is 1. The SMILES string of the molecule is Cc1ccc(NC(=O)/C=C/c2ccc(C(C)C)cc2)c(N)c1. The van der Waals surface area contributed by atoms with Crippen molar-refractivity contribution in [2.75, 3.05) is 11.1 Å². The van der Waals surface area contributed by atoms with Crippen molar-refractivity contribution in [3.8, 4) is 0 Å². The molecule has 0 unspecified atom stereocenters. The predicted octanol–water partition coefficient (Wildman–Crippen LogP) is 4.35. The third kappa shape index (κ3) is 4.22. The van der Waals surface area contributed by atoms with Crippen molar-refractivity contribution in [3.05, 3.63) is 65.2 Å². The van der Waals surface area contributed by atoms with Crippen LogP contribution in [-0.4, -0.2) is 5.91 Å². The van der Waals surface area contributed by atoms with Crippen LogP contribution in [-0.2, 0) is 4.79 Å². The molecule has 0 fully saturated rings. The van der Waals surface area contributed by atoms with Gasteiger partial charge in [0.15, 0.2) is 0 Å². The van der Waals surface area contributed by atoms with Crippen LogP contribution in [0.25, 0.3) is 6.08 Å². The van der Waals surface area contributed by atoms with Crippen LogP contribution < -0.4 is 11.1 Å². The van der Waals surface area contributed by atoms with E-state index >= 15 is 0 Å². The molecule has 0 spiro atoms. The molecule has 2 rings (SSSR count). The van der Waals surface area contributed by atoms with E-state index in [-0.39, 0.29) is 5.91 Å². The predicted molar refractivity (Wildman–Crippen MR) is 93.8 cm³/mol. The molecule has 0 bridgehead atoms. The van der Waals surface area contributed by atoms with Gasteiger partial charge in [-0.15, -0.1) is 0 Å². The number of nitrogen functional groups attached to an aromatic ring is 1. The van der Waals surface area contributed by atoms with Crippen molar-refractivity contribution >= 4 is 23.4 Å². The zero-order valence-corrected chi connectivity index (χ0v) is 13.3. The van der Waals surface area contributed by atoms with E-state index in [0.29, 0.717) is 17.3 Å². The van der Waals surface area contributed by atoms with Crippen LogP contribution in [0.3, 0.4) is 0 Å². The van der Waals surface area contributed by atoms with Crippen LogP contribution in [0.5, 0.6) is 0 Å². The maximum absolute atomic E-state index is 11.9. The number of amides is 1. The fourth-order valence-corrected chi connectivity index (χ4v) is 2.13. The van der Waals surface area contributed by atoms with Crippen LogP contribution in [0.1, 0.15) is 36.5 Å². The highest BCUT2D eigenvalue weighted by molar-refractivity contribution is 6.03. The summed E-state index contributed by atoms with van der Waals surface area (Å²) >= 11 is 0. The van der Waals surface area contributed by atoms with Crippen molar-refractivity contribution in [3.63, 3.8) is 0 Å². The Balaban J connectivity index is 2.01. The lowest BCUT2D eigenvalue weighted by atomic mass is 10.0. The summed E-state index contributed by atoms with van der Waals surface area (Å²) in [6.07, 6.45) is 3.31. The minimum atomic E-state index is -0.191. The molecule has 0 heterocycles. The number of carbonyl (C=O) groups excluding carboxylic acids is 1. The Hall–Kier alpha value is -2.55. The molecule has 0 saturated carbocycles. The van der Waals surface area contributed by atoms with Gasteiger partial charge in [0.1, 0.15) is 0 Å². The summed E-state index contributed by atoms with van der Waals surface area (Å²) in [6.45, 7) is 6.28. The number of anilines is 2. The first-order chi connectivity index (χ1) is 10.5. The number of nitrogens with one attached hydrogen (secondary N) is 1. The van der Waals surface area contributed by atoms with Gasteiger partial charge in [-0.3, -0.25) is 4.79 Å². The number of nitrogens with two attached hydrogens (primary N) is 1. The number of hydrogen-bond donors (Lipinski definition) is 2. The smallest absolute Gasteiger partial charge is 0.248 e. The van der Waals surface area contributed by atoms with Gasteiger partial charge in [0, 0.05) is 6.08 Å². The average Bonchev–Trinajstić information content (AvgIpc) is 2.48. The highest BCUT2D eigenvalue weighted by Crippen LogP contribution is 2.19. The molecule has 2 aromatic carbocycles. The third-order valence-electron chi connectivity index (χ3n) is 3.50. The maximum atomic E-state index is 11.9. The molecule has 0 aliphatic rings. The molecule has 0 aliphatic heterocycles. The largest absolute Gasteiger partial charge is 0.397 e. The Labute approximate surface area is 131 Å². The molecule has 0 radical (unpaired) electrons. The van der Waals surface area contributed by atoms with Crippen molar-refractivity contribution in [2.24, 2.45) is 0 Å². The van der Waals surface area contributed by atoms with E-state index in [0.717, 1.165) is 11.1 Å². The quantitative estimate of drug-likeness (QED) is 0.650. The summed E-state index contributed by atoms with van der Waals surface area (Å²) < 4.78 is 0. The van der Waals surface area contributed by atoms with Crippen LogP contribution in [0.2, 0.25) is 0 Å². The van der Waals surface area contributed by atoms with Crippen LogP contribution in [0.4, 0.5) is 11.4 Å². The van der Waals surface area contributed by atoms with Gasteiger partial charge in [-0.25, -0.2) is 0 Å². The first-order valence-corrected chi connectivity index (χ1v) is 7.41. The Morgan fingerprint density at radius 3 is 2.41 bits per heavy atom. The van der Waals surface area contributed by atoms with Gasteiger partial charge in [0.05, 0.1) is 11.4 Å². The first-order valence-electron chi connectivity index (χ1n) is 7.41. The highest BCUT2D eigenvalue weighted by Gasteiger charge is 2.02. The minimum absolute atomic E-state index is 0.191. The lowest BCUT2D eigenvalue weighted by molar-refractivity contribution is -0.111. The van der Waals surface area contributed by atoms with Crippen molar-refractivity contribution in [1.29, 1.82) is 0 Å². The lowest BCUT2D eigenvalue weighted by Crippen LogP contribution is -2.09. The zero-order valence-electron chi connectivity index (χ0n) is 13.3. The number of aryl methyl sites for hydroxylation is 1. The summed E-state index contributed by atoms with van der Waals surface area (Å²) in [5.74, 6) is 0.314. The van der Waals surface area contributed by atoms with Gasteiger partial charge in [0.25, 0.3) is 0 Å². The topological polar surface area (TPSA) is 55.1 Å². The summed E-state index contributed by atoms with van der Waals surface area (Å²) in [5, 5.41) is 2.79. The molecule has 0 atom stereocenters. The molecule has 1 amide bonds. The molecule has 0 saturated heterocycles. The zero-order chi connectivity index (χ0) is 16.1. The molecule has 3 nitrogen and oxygen atoms in total. The van der Waals surface area contributed by atoms with E-state index in [1.54, 1.807) is 6.08 Å². The van der Waals surface area contributed by atoms with Gasteiger partial charge in [-0.2, -0.15) is 0 Å². The van der Waals surface area contributed by atoms with Gasteiger partial charge in [-0.1, -0.05) is 44.2 Å². The second-order valence-electron chi connectivity index (χ2n) is 5.73. The Morgan fingerprint density at radius 2 is 1.82 bits per heavy atom. The Bertz CT molecular complexity index is 685. The van der Waals surface area contributed by atoms with E-state index in [2.05, 4.69) is 31.3 Å². The van der Waals surface area contributed by atoms with Gasteiger partial charge >= 0.3 is 0 Å². The number of rotatable bonds is 4. The van der Waals surface area contributed by atoms with E-state index in [1.165, 1.54) is 11.6 Å². The average molecular weight is 294 g/mol.